The Hall–Kier alpha value is 0.589. The first-order chi connectivity index (χ1) is 5.25. The minimum absolute atomic E-state index is 0. The zero-order valence-corrected chi connectivity index (χ0v) is 11.0. The van der Waals surface area contributed by atoms with Crippen LogP contribution in [0.15, 0.2) is 25.3 Å². The van der Waals surface area contributed by atoms with Crippen molar-refractivity contribution in [1.82, 2.24) is 9.55 Å². The van der Waals surface area contributed by atoms with Gasteiger partial charge in [0.05, 0.1) is 6.33 Å². The van der Waals surface area contributed by atoms with E-state index in [2.05, 4.69) is 15.4 Å². The van der Waals surface area contributed by atoms with Crippen molar-refractivity contribution in [2.24, 2.45) is 0 Å². The van der Waals surface area contributed by atoms with Gasteiger partial charge in [0.2, 0.25) is 0 Å². The molecular weight excluding hydrogens is 198 g/mol. The fourth-order valence-electron chi connectivity index (χ4n) is 0.592. The quantitative estimate of drug-likeness (QED) is 0.485. The summed E-state index contributed by atoms with van der Waals surface area (Å²) < 4.78 is 5.84. The van der Waals surface area contributed by atoms with E-state index < -0.39 is 5.97 Å². The van der Waals surface area contributed by atoms with Gasteiger partial charge >= 0.3 is 22.6 Å². The third-order valence-electron chi connectivity index (χ3n) is 1.16. The molecule has 0 bridgehead atoms. The number of nitrogens with zero attached hydrogens (tertiary/aromatic N) is 2. The Morgan fingerprint density at radius 2 is 2.33 bits per heavy atom. The summed E-state index contributed by atoms with van der Waals surface area (Å²) >= 11 is 1.86. The maximum Gasteiger partial charge on any atom is 0.485 e. The average Bonchev–Trinajstić information content (AvgIpc) is 2.53. The van der Waals surface area contributed by atoms with Crippen LogP contribution in [0.3, 0.4) is 0 Å². The van der Waals surface area contributed by atoms with Crippen molar-refractivity contribution in [2.45, 2.75) is 0 Å². The van der Waals surface area contributed by atoms with E-state index in [0.29, 0.717) is 0 Å². The Kier molecular flexibility index (Phi) is 6.40. The molecule has 3 radical (unpaired) electrons. The van der Waals surface area contributed by atoms with E-state index in [1.807, 2.05) is 16.6 Å². The second kappa shape index (κ2) is 6.11. The van der Waals surface area contributed by atoms with Gasteiger partial charge in [0.1, 0.15) is 5.70 Å². The van der Waals surface area contributed by atoms with Crippen molar-refractivity contribution in [3.05, 3.63) is 25.3 Å². The second-order valence-electron chi connectivity index (χ2n) is 1.82. The van der Waals surface area contributed by atoms with E-state index in [1.165, 1.54) is 10.9 Å². The molecule has 4 nitrogen and oxygen atoms in total. The largest absolute Gasteiger partial charge is 0.624 e. The predicted octanol–water partition coefficient (Wildman–Crippen LogP) is -0.400. The standard InChI is InChI=1S/C6H6N2O2.Al.K/c1-5(6(9)10)8-3-2-7-4-8;;/h2-4H,1H2,(H,9,10);;/q;+1;/p-1. The van der Waals surface area contributed by atoms with Crippen LogP contribution in [-0.2, 0) is 8.58 Å². The van der Waals surface area contributed by atoms with Gasteiger partial charge in [-0.05, 0) is 0 Å². The summed E-state index contributed by atoms with van der Waals surface area (Å²) in [5.74, 6) is -0.493. The Balaban J connectivity index is 0.00000121. The maximum atomic E-state index is 10.8. The van der Waals surface area contributed by atoms with Crippen LogP contribution in [-0.4, -0.2) is 83.5 Å². The molecule has 1 aromatic heterocycles. The molecule has 0 aliphatic carbocycles. The van der Waals surface area contributed by atoms with Gasteiger partial charge in [-0.1, -0.05) is 6.58 Å². The molecule has 0 fully saturated rings. The smallest absolute Gasteiger partial charge is 0.485 e. The molecule has 6 heteroatoms. The van der Waals surface area contributed by atoms with Gasteiger partial charge in [0, 0.05) is 63.8 Å². The van der Waals surface area contributed by atoms with Crippen LogP contribution >= 0.6 is 0 Å². The first-order valence-electron chi connectivity index (χ1n) is 2.84. The van der Waals surface area contributed by atoms with Crippen molar-refractivity contribution in [1.29, 1.82) is 0 Å². The van der Waals surface area contributed by atoms with Crippen molar-refractivity contribution in [3.63, 3.8) is 0 Å². The molecule has 0 spiro atoms. The molecule has 1 rings (SSSR count). The van der Waals surface area contributed by atoms with Crippen LogP contribution in [0.1, 0.15) is 0 Å². The Labute approximate surface area is 121 Å². The van der Waals surface area contributed by atoms with Crippen molar-refractivity contribution in [3.8, 4) is 0 Å². The number of carbonyl (C=O) groups excluding carboxylic acids is 1. The number of aromatic nitrogens is 2. The van der Waals surface area contributed by atoms with Gasteiger partial charge in [-0.2, -0.15) is 0 Å². The summed E-state index contributed by atoms with van der Waals surface area (Å²) in [5, 5.41) is 0. The van der Waals surface area contributed by atoms with Crippen LogP contribution in [0.4, 0.5) is 0 Å². The van der Waals surface area contributed by atoms with Gasteiger partial charge in [-0.25, -0.2) is 9.78 Å². The first kappa shape index (κ1) is 12.6. The molecule has 0 amide bonds. The van der Waals surface area contributed by atoms with Crippen molar-refractivity contribution >= 4 is 79.7 Å². The fourth-order valence-corrected chi connectivity index (χ4v) is 0.728. The number of carbonyl (C=O) groups is 1. The van der Waals surface area contributed by atoms with Gasteiger partial charge in [0.15, 0.2) is 0 Å². The third-order valence-corrected chi connectivity index (χ3v) is 1.37. The Morgan fingerprint density at radius 1 is 1.67 bits per heavy atom. The molecule has 12 heavy (non-hydrogen) atoms. The molecule has 55 valence electrons. The second-order valence-corrected chi connectivity index (χ2v) is 2.06. The molecule has 0 unspecified atom stereocenters. The van der Waals surface area contributed by atoms with Gasteiger partial charge in [-0.15, -0.1) is 0 Å². The molecule has 0 aliphatic heterocycles. The number of rotatable bonds is 2. The van der Waals surface area contributed by atoms with Gasteiger partial charge in [0.25, 0.3) is 0 Å². The van der Waals surface area contributed by atoms with E-state index in [9.17, 15) is 4.79 Å². The number of hydrogen-bond acceptors (Lipinski definition) is 3. The van der Waals surface area contributed by atoms with Crippen molar-refractivity contribution in [2.75, 3.05) is 0 Å². The summed E-state index contributed by atoms with van der Waals surface area (Å²) in [4.78, 5) is 14.6. The van der Waals surface area contributed by atoms with Gasteiger partial charge < -0.3 is 8.36 Å². The summed E-state index contributed by atoms with van der Waals surface area (Å²) in [7, 11) is 0. The van der Waals surface area contributed by atoms with Crippen LogP contribution in [0.5, 0.6) is 0 Å². The third kappa shape index (κ3) is 3.15. The van der Waals surface area contributed by atoms with E-state index in [0.717, 1.165) is 0 Å². The zero-order chi connectivity index (χ0) is 8.27. The Bertz CT molecular complexity index is 273. The van der Waals surface area contributed by atoms with E-state index in [4.69, 9.17) is 0 Å². The zero-order valence-electron chi connectivity index (χ0n) is 6.73. The molecule has 0 aromatic carbocycles. The molecule has 0 saturated carbocycles. The van der Waals surface area contributed by atoms with E-state index in [1.54, 1.807) is 12.4 Å². The molecule has 1 aromatic rings. The summed E-state index contributed by atoms with van der Waals surface area (Å²) in [5.41, 5.74) is 0.234. The van der Waals surface area contributed by atoms with Crippen LogP contribution in [0.25, 0.3) is 5.70 Å². The van der Waals surface area contributed by atoms with Crippen LogP contribution in [0, 0.1) is 0 Å². The van der Waals surface area contributed by atoms with E-state index in [-0.39, 0.29) is 57.1 Å². The summed E-state index contributed by atoms with van der Waals surface area (Å²) in [6, 6.07) is 0. The summed E-state index contributed by atoms with van der Waals surface area (Å²) in [6.07, 6.45) is 4.65. The predicted molar refractivity (Wildman–Crippen MR) is 45.2 cm³/mol. The maximum absolute atomic E-state index is 10.8. The molecule has 0 aliphatic rings. The molecule has 0 saturated heterocycles. The normalized spacial score (nSPS) is 8.33. The molecule has 0 atom stereocenters. The first-order valence-corrected chi connectivity index (χ1v) is 3.31. The van der Waals surface area contributed by atoms with E-state index >= 15 is 0 Å². The Morgan fingerprint density at radius 3 is 2.75 bits per heavy atom. The SMILES string of the molecule is C=C(C(=O)[O][Al])n1ccnc1.[K]. The van der Waals surface area contributed by atoms with Crippen molar-refractivity contribution < 1.29 is 8.58 Å². The summed E-state index contributed by atoms with van der Waals surface area (Å²) in [6.45, 7) is 3.50. The number of imidazole rings is 1. The van der Waals surface area contributed by atoms with Crippen LogP contribution in [0.2, 0.25) is 0 Å². The van der Waals surface area contributed by atoms with Gasteiger partial charge in [-0.3, -0.25) is 0 Å². The van der Waals surface area contributed by atoms with Crippen LogP contribution < -0.4 is 0 Å². The molecular formula is C6H5AlKN2O2. The minimum Gasteiger partial charge on any atom is -0.624 e. The molecule has 1 heterocycles. The monoisotopic (exact) mass is 203 g/mol. The fraction of sp³-hybridized carbons (Fsp3) is 0. The number of hydrogen-bond donors (Lipinski definition) is 0. The topological polar surface area (TPSA) is 44.1 Å². The molecule has 0 N–H and O–H groups in total. The minimum atomic E-state index is -0.493. The average molecular weight is 203 g/mol.